The number of aliphatic hydroxyl groups excluding tert-OH is 4. The van der Waals surface area contributed by atoms with Crippen LogP contribution in [0.25, 0.3) is 38.3 Å². The van der Waals surface area contributed by atoms with Gasteiger partial charge in [0.2, 0.25) is 5.91 Å². The van der Waals surface area contributed by atoms with Gasteiger partial charge in [-0.25, -0.2) is 9.78 Å². The molecule has 11 rings (SSSR count). The molecule has 1 amide bonds. The molecule has 17 nitrogen and oxygen atoms in total. The first-order chi connectivity index (χ1) is 33.7. The van der Waals surface area contributed by atoms with Gasteiger partial charge in [-0.05, 0) is 96.9 Å². The minimum absolute atomic E-state index is 0.0229. The summed E-state index contributed by atoms with van der Waals surface area (Å²) < 4.78 is 16.4. The number of ether oxygens (including phenoxy) is 1. The van der Waals surface area contributed by atoms with Crippen LogP contribution in [-0.2, 0) is 33.8 Å². The normalized spacial score (nSPS) is 27.2. The van der Waals surface area contributed by atoms with Crippen LogP contribution in [-0.4, -0.2) is 119 Å². The van der Waals surface area contributed by atoms with Gasteiger partial charge in [0.1, 0.15) is 65.2 Å². The van der Waals surface area contributed by atoms with Crippen molar-refractivity contribution in [1.29, 1.82) is 0 Å². The van der Waals surface area contributed by atoms with E-state index in [1.165, 1.54) is 36.4 Å². The van der Waals surface area contributed by atoms with Gasteiger partial charge in [-0.15, -0.1) is 0 Å². The maximum absolute atomic E-state index is 14.0. The van der Waals surface area contributed by atoms with E-state index in [1.807, 2.05) is 23.0 Å². The summed E-state index contributed by atoms with van der Waals surface area (Å²) in [4.78, 5) is 43.2. The lowest BCUT2D eigenvalue weighted by molar-refractivity contribution is -0.380. The van der Waals surface area contributed by atoms with Gasteiger partial charge in [0.25, 0.3) is 0 Å². The highest BCUT2D eigenvalue weighted by atomic mass is 17.2. The van der Waals surface area contributed by atoms with E-state index in [1.54, 1.807) is 13.0 Å². The topological polar surface area (TPSA) is 261 Å². The van der Waals surface area contributed by atoms with Crippen molar-refractivity contribution in [2.24, 2.45) is 23.7 Å². The number of H-pyrrole nitrogens is 1. The van der Waals surface area contributed by atoms with Crippen molar-refractivity contribution in [3.8, 4) is 22.9 Å². The number of aryl methyl sites for hydroxylation is 2. The average molecular weight is 959 g/mol. The Balaban J connectivity index is 1.06. The van der Waals surface area contributed by atoms with E-state index in [0.29, 0.717) is 88.8 Å². The number of hydrogen-bond donors (Lipinski definition) is 10. The molecule has 11 unspecified atom stereocenters. The molecule has 10 N–H and O–H groups in total. The molecular formula is C53H58N4O13. The average Bonchev–Trinajstić information content (AvgIpc) is 4.09. The zero-order valence-corrected chi connectivity index (χ0v) is 38.8. The van der Waals surface area contributed by atoms with Gasteiger partial charge in [-0.3, -0.25) is 9.59 Å². The molecule has 1 saturated heterocycles. The van der Waals surface area contributed by atoms with Crippen molar-refractivity contribution in [3.05, 3.63) is 118 Å². The van der Waals surface area contributed by atoms with E-state index in [2.05, 4.69) is 40.8 Å². The lowest BCUT2D eigenvalue weighted by Crippen LogP contribution is -2.68. The van der Waals surface area contributed by atoms with Crippen LogP contribution >= 0.6 is 0 Å². The number of hydrogen-bond acceptors (Lipinski definition) is 14. The van der Waals surface area contributed by atoms with Crippen molar-refractivity contribution in [3.63, 3.8) is 0 Å². The number of nitrogens with zero attached hydrogens (tertiary/aromatic N) is 1. The number of carbonyl (C=O) groups excluding carboxylic acids is 1. The second kappa shape index (κ2) is 17.7. The van der Waals surface area contributed by atoms with Crippen molar-refractivity contribution >= 4 is 38.6 Å². The predicted octanol–water partition coefficient (Wildman–Crippen LogP) is 3.79. The van der Waals surface area contributed by atoms with Gasteiger partial charge >= 0.3 is 0 Å². The summed E-state index contributed by atoms with van der Waals surface area (Å²) in [7, 11) is 0. The number of carbonyl (C=O) groups is 1. The van der Waals surface area contributed by atoms with Crippen LogP contribution in [0.5, 0.6) is 17.2 Å². The molecule has 2 fully saturated rings. The summed E-state index contributed by atoms with van der Waals surface area (Å²) in [6.45, 7) is 3.18. The Hall–Kier alpha value is -6.02. The molecule has 368 valence electrons. The van der Waals surface area contributed by atoms with E-state index >= 15 is 0 Å². The molecule has 0 radical (unpaired) electrons. The maximum atomic E-state index is 14.0. The molecular weight excluding hydrogens is 901 g/mol. The minimum atomic E-state index is -2.44. The van der Waals surface area contributed by atoms with Crippen LogP contribution in [0.15, 0.2) is 93.9 Å². The van der Waals surface area contributed by atoms with Crippen LogP contribution in [0, 0.1) is 30.6 Å². The number of allylic oxidation sites excluding steroid dienone is 1. The number of rotatable bonds is 13. The lowest BCUT2D eigenvalue weighted by Gasteiger charge is -2.59. The van der Waals surface area contributed by atoms with E-state index < -0.39 is 55.3 Å². The number of aromatic nitrogens is 2. The molecule has 6 heterocycles. The number of amides is 1. The molecule has 1 spiro atoms. The molecule has 11 atom stereocenters. The van der Waals surface area contributed by atoms with E-state index in [-0.39, 0.29) is 59.0 Å². The monoisotopic (exact) mass is 958 g/mol. The Morgan fingerprint density at radius 3 is 2.64 bits per heavy atom. The van der Waals surface area contributed by atoms with E-state index in [0.717, 1.165) is 22.2 Å². The number of phenols is 2. The lowest BCUT2D eigenvalue weighted by atomic mass is 9.54. The predicted molar refractivity (Wildman–Crippen MR) is 257 cm³/mol. The van der Waals surface area contributed by atoms with Crippen LogP contribution in [0.3, 0.4) is 0 Å². The van der Waals surface area contributed by atoms with Crippen LogP contribution in [0.2, 0.25) is 0 Å². The van der Waals surface area contributed by atoms with Crippen LogP contribution in [0.4, 0.5) is 0 Å². The number of aliphatic hydroxyl groups is 5. The third-order valence-corrected chi connectivity index (χ3v) is 15.9. The summed E-state index contributed by atoms with van der Waals surface area (Å²) >= 11 is 0. The summed E-state index contributed by atoms with van der Waals surface area (Å²) in [6, 6.07) is 12.3. The Bertz CT molecular complexity index is 3160. The van der Waals surface area contributed by atoms with E-state index in [9.17, 15) is 45.3 Å². The van der Waals surface area contributed by atoms with Crippen LogP contribution in [0.1, 0.15) is 48.8 Å². The highest BCUT2D eigenvalue weighted by Crippen LogP contribution is 2.58. The Labute approximate surface area is 401 Å². The zero-order valence-electron chi connectivity index (χ0n) is 38.8. The second-order valence-corrected chi connectivity index (χ2v) is 20.1. The summed E-state index contributed by atoms with van der Waals surface area (Å²) in [5.41, 5.74) is 0.941. The molecule has 2 aliphatic carbocycles. The molecule has 6 aromatic rings. The molecule has 3 aromatic heterocycles. The fraction of sp³-hybridized carbons (Fsp3) is 0.434. The van der Waals surface area contributed by atoms with Crippen LogP contribution < -0.4 is 20.8 Å². The van der Waals surface area contributed by atoms with Gasteiger partial charge in [0.15, 0.2) is 16.8 Å². The largest absolute Gasteiger partial charge is 0.508 e. The van der Waals surface area contributed by atoms with Gasteiger partial charge in [-0.1, -0.05) is 31.2 Å². The molecule has 3 aliphatic heterocycles. The number of nitrogens with one attached hydrogen (secondary N) is 3. The number of aromatic amines is 1. The highest BCUT2D eigenvalue weighted by molar-refractivity contribution is 5.93. The number of phenolic OH excluding ortho intramolecular Hbond substituents is 2. The maximum Gasteiger partial charge on any atom is 0.220 e. The quantitative estimate of drug-likeness (QED) is 0.0584. The fourth-order valence-corrected chi connectivity index (χ4v) is 12.5. The van der Waals surface area contributed by atoms with Crippen molar-refractivity contribution in [1.82, 2.24) is 20.2 Å². The van der Waals surface area contributed by atoms with E-state index in [4.69, 9.17) is 18.9 Å². The Morgan fingerprint density at radius 1 is 1.01 bits per heavy atom. The van der Waals surface area contributed by atoms with Crippen molar-refractivity contribution < 1.29 is 59.5 Å². The van der Waals surface area contributed by atoms with Gasteiger partial charge in [-0.2, -0.15) is 0 Å². The third-order valence-electron chi connectivity index (χ3n) is 15.9. The minimum Gasteiger partial charge on any atom is -0.508 e. The summed E-state index contributed by atoms with van der Waals surface area (Å²) in [6.07, 6.45) is 5.19. The molecule has 2 bridgehead atoms. The third kappa shape index (κ3) is 7.61. The smallest absolute Gasteiger partial charge is 0.220 e. The first kappa shape index (κ1) is 46.4. The first-order valence-electron chi connectivity index (χ1n) is 24.1. The standard InChI is InChI=1S/C53H58N4O13/c1-3-40-34-10-12-54-39(34)23-57(40)47-49-30(15-36-42(61)13-26(2)68-50(36)47)17-44(53(69-49)21-37(31-18-45(63)56-22-31)29-14-27-5-4-11-55-46(27)38(53)16-29)70-67-25-52(66,51(65)48(64)43(62)24-58)20-28-6-9-41(60)33-8-7-32(59)19-35(28)33/h4-10,12-15,19,23,29,31,37-38,43-44,46,48,51,54-55,58-60,62,64-66H,3,11,16-18,20-22,24-25H2,1-2H3,(H,56,63). The van der Waals surface area contributed by atoms with Crippen molar-refractivity contribution in [2.75, 3.05) is 26.3 Å². The Kier molecular flexibility index (Phi) is 11.7. The summed E-state index contributed by atoms with van der Waals surface area (Å²) in [5, 5.41) is 85.8. The molecule has 5 aliphatic rings. The first-order valence-corrected chi connectivity index (χ1v) is 24.1. The van der Waals surface area contributed by atoms with Crippen molar-refractivity contribution in [2.45, 2.75) is 94.0 Å². The number of fused-ring (bicyclic) bond motifs is 9. The highest BCUT2D eigenvalue weighted by Gasteiger charge is 2.62. The molecule has 70 heavy (non-hydrogen) atoms. The molecule has 3 aromatic carbocycles. The number of benzene rings is 3. The number of aromatic hydroxyl groups is 2. The Morgan fingerprint density at radius 2 is 1.86 bits per heavy atom. The molecule has 1 saturated carbocycles. The second-order valence-electron chi connectivity index (χ2n) is 20.1. The van der Waals surface area contributed by atoms with Gasteiger partial charge in [0.05, 0.1) is 17.5 Å². The zero-order chi connectivity index (χ0) is 48.8. The SMILES string of the molecule is CCc1c2cc[nH]c2cn1-c1c2c(cc3c(=O)cc(C)oc13)CC(OOCC(O)(Cc1ccc(O)c3ccc(O)cc13)C(O)C(O)C(O)CO)C1(CC(C3CNC(=O)C3)C3C=C4C=CCNC4C1C3)O2. The van der Waals surface area contributed by atoms with Gasteiger partial charge in [0, 0.05) is 84.8 Å². The summed E-state index contributed by atoms with van der Waals surface area (Å²) in [5.74, 6) is 0.407. The fourth-order valence-electron chi connectivity index (χ4n) is 12.5. The molecule has 17 heteroatoms. The van der Waals surface area contributed by atoms with Gasteiger partial charge < -0.3 is 65.1 Å².